The second-order valence-corrected chi connectivity index (χ2v) is 8.08. The van der Waals surface area contributed by atoms with E-state index < -0.39 is 5.97 Å². The Labute approximate surface area is 189 Å². The summed E-state index contributed by atoms with van der Waals surface area (Å²) in [5.74, 6) is 0.897. The van der Waals surface area contributed by atoms with Gasteiger partial charge in [-0.1, -0.05) is 13.8 Å². The second kappa shape index (κ2) is 10.6. The van der Waals surface area contributed by atoms with Crippen LogP contribution in [0.3, 0.4) is 0 Å². The number of hydrogen-bond donors (Lipinski definition) is 0. The summed E-state index contributed by atoms with van der Waals surface area (Å²) in [6, 6.07) is 0. The number of rotatable bonds is 4. The Balaban J connectivity index is 0.00000141. The Hall–Kier alpha value is -2.97. The Morgan fingerprint density at radius 2 is 1.78 bits per heavy atom. The summed E-state index contributed by atoms with van der Waals surface area (Å²) in [5, 5.41) is 4.79. The van der Waals surface area contributed by atoms with Gasteiger partial charge < -0.3 is 14.5 Å². The molecule has 2 aromatic heterocycles. The molecule has 1 fully saturated rings. The number of esters is 1. The maximum absolute atomic E-state index is 11.7. The van der Waals surface area contributed by atoms with Gasteiger partial charge in [-0.15, -0.1) is 0 Å². The largest absolute Gasteiger partial charge is 0.465 e. The first-order chi connectivity index (χ1) is 15.5. The lowest BCUT2D eigenvalue weighted by molar-refractivity contribution is -0.129. The number of anilines is 1. The van der Waals surface area contributed by atoms with Crippen LogP contribution in [0, 0.1) is 12.8 Å². The highest BCUT2D eigenvalue weighted by Crippen LogP contribution is 2.26. The molecule has 4 heterocycles. The van der Waals surface area contributed by atoms with Crippen LogP contribution in [0.15, 0.2) is 12.4 Å². The minimum Gasteiger partial charge on any atom is -0.465 e. The number of ether oxygens (including phenoxy) is 1. The van der Waals surface area contributed by atoms with E-state index >= 15 is 0 Å². The highest BCUT2D eigenvalue weighted by Gasteiger charge is 2.27. The smallest absolute Gasteiger partial charge is 0.341 e. The van der Waals surface area contributed by atoms with Gasteiger partial charge >= 0.3 is 5.97 Å². The molecule has 0 bridgehead atoms. The lowest BCUT2D eigenvalue weighted by Gasteiger charge is -2.32. The van der Waals surface area contributed by atoms with Crippen molar-refractivity contribution in [2.45, 2.75) is 60.0 Å². The minimum atomic E-state index is -0.426. The maximum atomic E-state index is 11.7. The van der Waals surface area contributed by atoms with Crippen LogP contribution in [0.4, 0.5) is 5.95 Å². The van der Waals surface area contributed by atoms with Crippen LogP contribution in [-0.4, -0.2) is 63.3 Å². The van der Waals surface area contributed by atoms with Gasteiger partial charge in [-0.2, -0.15) is 5.10 Å². The van der Waals surface area contributed by atoms with Crippen LogP contribution in [0.25, 0.3) is 0 Å². The van der Waals surface area contributed by atoms with Gasteiger partial charge in [0.1, 0.15) is 0 Å². The fourth-order valence-corrected chi connectivity index (χ4v) is 4.35. The standard InChI is InChI=1S/C21H28N6O3.C2H6/c1-14-18-13-26(15(2)28)9-6-19(18)27(24-14)12-16-4-7-25(8-5-16)21-22-10-17(11-23-21)20(29)30-3;1-2/h10-11,16H,4-9,12-13H2,1-3H3;1-2H3. The van der Waals surface area contributed by atoms with E-state index in [1.165, 1.54) is 30.8 Å². The van der Waals surface area contributed by atoms with E-state index in [4.69, 9.17) is 9.84 Å². The van der Waals surface area contributed by atoms with Crippen LogP contribution >= 0.6 is 0 Å². The number of methoxy groups -OCH3 is 1. The van der Waals surface area contributed by atoms with E-state index in [-0.39, 0.29) is 5.91 Å². The van der Waals surface area contributed by atoms with E-state index in [0.717, 1.165) is 51.1 Å². The average Bonchev–Trinajstić information content (AvgIpc) is 3.15. The number of piperidine rings is 1. The summed E-state index contributed by atoms with van der Waals surface area (Å²) >= 11 is 0. The van der Waals surface area contributed by atoms with Gasteiger partial charge in [0.15, 0.2) is 0 Å². The molecular weight excluding hydrogens is 408 g/mol. The number of carbonyl (C=O) groups is 2. The molecule has 0 radical (unpaired) electrons. The normalized spacial score (nSPS) is 16.2. The predicted molar refractivity (Wildman–Crippen MR) is 121 cm³/mol. The lowest BCUT2D eigenvalue weighted by atomic mass is 9.96. The first-order valence-corrected chi connectivity index (χ1v) is 11.4. The van der Waals surface area contributed by atoms with E-state index in [2.05, 4.69) is 19.5 Å². The molecule has 1 saturated heterocycles. The maximum Gasteiger partial charge on any atom is 0.341 e. The molecule has 2 aliphatic heterocycles. The van der Waals surface area contributed by atoms with Crippen LogP contribution in [-0.2, 0) is 29.0 Å². The van der Waals surface area contributed by atoms with E-state index in [0.29, 0.717) is 24.0 Å². The van der Waals surface area contributed by atoms with Crippen LogP contribution in [0.2, 0.25) is 0 Å². The highest BCUT2D eigenvalue weighted by molar-refractivity contribution is 5.88. The van der Waals surface area contributed by atoms with Gasteiger partial charge in [0.2, 0.25) is 11.9 Å². The molecule has 0 atom stereocenters. The molecule has 9 nitrogen and oxygen atoms in total. The SMILES string of the molecule is CC.COC(=O)c1cnc(N2CCC(Cn3nc(C)c4c3CCN(C(C)=O)C4)CC2)nc1. The molecule has 0 saturated carbocycles. The molecule has 2 aliphatic rings. The fourth-order valence-electron chi connectivity index (χ4n) is 4.35. The number of aromatic nitrogens is 4. The molecule has 9 heteroatoms. The van der Waals surface area contributed by atoms with Crippen molar-refractivity contribution in [3.05, 3.63) is 34.9 Å². The van der Waals surface area contributed by atoms with E-state index in [1.54, 1.807) is 6.92 Å². The zero-order chi connectivity index (χ0) is 23.3. The first kappa shape index (κ1) is 23.7. The third kappa shape index (κ3) is 5.08. The zero-order valence-electron chi connectivity index (χ0n) is 19.8. The summed E-state index contributed by atoms with van der Waals surface area (Å²) in [6.07, 6.45) is 5.98. The topological polar surface area (TPSA) is 93.5 Å². The highest BCUT2D eigenvalue weighted by atomic mass is 16.5. The quantitative estimate of drug-likeness (QED) is 0.672. The van der Waals surface area contributed by atoms with Crippen molar-refractivity contribution < 1.29 is 14.3 Å². The van der Waals surface area contributed by atoms with Crippen LogP contribution in [0.1, 0.15) is 60.9 Å². The van der Waals surface area contributed by atoms with E-state index in [9.17, 15) is 9.59 Å². The lowest BCUT2D eigenvalue weighted by Crippen LogP contribution is -2.37. The van der Waals surface area contributed by atoms with Gasteiger partial charge in [-0.25, -0.2) is 14.8 Å². The molecule has 0 spiro atoms. The van der Waals surface area contributed by atoms with Gasteiger partial charge in [0, 0.05) is 69.7 Å². The first-order valence-electron chi connectivity index (χ1n) is 11.4. The Kier molecular flexibility index (Phi) is 7.82. The van der Waals surface area contributed by atoms with Crippen molar-refractivity contribution in [3.8, 4) is 0 Å². The van der Waals surface area contributed by atoms with Crippen LogP contribution < -0.4 is 4.90 Å². The molecule has 0 N–H and O–H groups in total. The van der Waals surface area contributed by atoms with Crippen molar-refractivity contribution in [1.29, 1.82) is 0 Å². The third-order valence-electron chi connectivity index (χ3n) is 6.17. The second-order valence-electron chi connectivity index (χ2n) is 8.08. The number of fused-ring (bicyclic) bond motifs is 1. The average molecular weight is 443 g/mol. The van der Waals surface area contributed by atoms with Gasteiger partial charge in [-0.3, -0.25) is 9.48 Å². The Morgan fingerprint density at radius 1 is 1.12 bits per heavy atom. The summed E-state index contributed by atoms with van der Waals surface area (Å²) in [4.78, 5) is 36.0. The predicted octanol–water partition coefficient (Wildman–Crippen LogP) is 2.62. The zero-order valence-corrected chi connectivity index (χ0v) is 19.8. The molecule has 174 valence electrons. The Bertz CT molecular complexity index is 932. The fraction of sp³-hybridized carbons (Fsp3) is 0.609. The molecule has 2 aromatic rings. The van der Waals surface area contributed by atoms with E-state index in [1.807, 2.05) is 25.7 Å². The summed E-state index contributed by atoms with van der Waals surface area (Å²) in [5.41, 5.74) is 3.90. The summed E-state index contributed by atoms with van der Waals surface area (Å²) < 4.78 is 6.86. The number of amides is 1. The number of aryl methyl sites for hydroxylation is 1. The molecule has 4 rings (SSSR count). The van der Waals surface area contributed by atoms with Crippen molar-refractivity contribution in [1.82, 2.24) is 24.6 Å². The number of hydrogen-bond acceptors (Lipinski definition) is 7. The molecular formula is C23H34N6O3. The van der Waals surface area contributed by atoms with Crippen molar-refractivity contribution in [2.75, 3.05) is 31.6 Å². The number of nitrogens with zero attached hydrogens (tertiary/aromatic N) is 6. The number of carbonyl (C=O) groups excluding carboxylic acids is 2. The minimum absolute atomic E-state index is 0.127. The van der Waals surface area contributed by atoms with Crippen molar-refractivity contribution in [3.63, 3.8) is 0 Å². The third-order valence-corrected chi connectivity index (χ3v) is 6.17. The van der Waals surface area contributed by atoms with Crippen molar-refractivity contribution in [2.24, 2.45) is 5.92 Å². The van der Waals surface area contributed by atoms with Gasteiger partial charge in [0.25, 0.3) is 0 Å². The van der Waals surface area contributed by atoms with Crippen LogP contribution in [0.5, 0.6) is 0 Å². The monoisotopic (exact) mass is 442 g/mol. The summed E-state index contributed by atoms with van der Waals surface area (Å²) in [7, 11) is 1.35. The summed E-state index contributed by atoms with van der Waals surface area (Å²) in [6.45, 7) is 11.8. The van der Waals surface area contributed by atoms with Gasteiger partial charge in [0.05, 0.1) is 18.4 Å². The molecule has 0 aromatic carbocycles. The molecule has 0 unspecified atom stereocenters. The molecule has 1 amide bonds. The van der Waals surface area contributed by atoms with Crippen molar-refractivity contribution >= 4 is 17.8 Å². The molecule has 0 aliphatic carbocycles. The van der Waals surface area contributed by atoms with Gasteiger partial charge in [-0.05, 0) is 25.7 Å². The molecule has 32 heavy (non-hydrogen) atoms. The Morgan fingerprint density at radius 3 is 2.38 bits per heavy atom.